The van der Waals surface area contributed by atoms with Gasteiger partial charge in [0.25, 0.3) is 0 Å². The molecule has 0 unspecified atom stereocenters. The lowest BCUT2D eigenvalue weighted by atomic mass is 10.0. The molecule has 5 rings (SSSR count). The van der Waals surface area contributed by atoms with E-state index in [1.807, 2.05) is 0 Å². The largest absolute Gasteiger partial charge is 0.355 e. The normalized spacial score (nSPS) is 11.3. The van der Waals surface area contributed by atoms with Gasteiger partial charge in [0, 0.05) is 21.8 Å². The number of rotatable bonds is 4. The smallest absolute Gasteiger partial charge is 0.0465 e. The van der Waals surface area contributed by atoms with Crippen LogP contribution in [0.2, 0.25) is 0 Å². The Kier molecular flexibility index (Phi) is 3.99. The van der Waals surface area contributed by atoms with Gasteiger partial charge in [0.1, 0.15) is 0 Å². The third-order valence-corrected chi connectivity index (χ3v) is 5.23. The summed E-state index contributed by atoms with van der Waals surface area (Å²) in [5.74, 6) is 0. The average molecular weight is 347 g/mol. The van der Waals surface area contributed by atoms with E-state index in [1.54, 1.807) is 0 Å². The van der Waals surface area contributed by atoms with Crippen LogP contribution in [0.1, 0.15) is 22.3 Å². The zero-order chi connectivity index (χ0) is 18.1. The summed E-state index contributed by atoms with van der Waals surface area (Å²) in [5, 5.41) is 2.63. The minimum Gasteiger partial charge on any atom is -0.355 e. The molecule has 1 N–H and O–H groups in total. The molecule has 5 aromatic rings. The summed E-state index contributed by atoms with van der Waals surface area (Å²) >= 11 is 0. The summed E-state index contributed by atoms with van der Waals surface area (Å²) < 4.78 is 0. The fraction of sp³-hybridized carbons (Fsp3) is 0.0769. The van der Waals surface area contributed by atoms with Crippen molar-refractivity contribution < 1.29 is 0 Å². The molecule has 0 aliphatic carbocycles. The van der Waals surface area contributed by atoms with Gasteiger partial charge in [0.2, 0.25) is 0 Å². The van der Waals surface area contributed by atoms with Crippen LogP contribution >= 0.6 is 0 Å². The summed E-state index contributed by atoms with van der Waals surface area (Å²) in [6.45, 7) is 0. The van der Waals surface area contributed by atoms with Crippen LogP contribution in [0.4, 0.5) is 0 Å². The number of hydrogen-bond acceptors (Lipinski definition) is 0. The Morgan fingerprint density at radius 1 is 0.444 bits per heavy atom. The van der Waals surface area contributed by atoms with Crippen LogP contribution < -0.4 is 0 Å². The molecule has 4 aromatic carbocycles. The van der Waals surface area contributed by atoms with Gasteiger partial charge in [-0.05, 0) is 59.4 Å². The zero-order valence-electron chi connectivity index (χ0n) is 15.2. The van der Waals surface area contributed by atoms with Gasteiger partial charge in [-0.15, -0.1) is 0 Å². The van der Waals surface area contributed by atoms with Crippen molar-refractivity contribution in [3.05, 3.63) is 119 Å². The van der Waals surface area contributed by atoms with Crippen molar-refractivity contribution in [3.8, 4) is 0 Å². The maximum atomic E-state index is 3.56. The van der Waals surface area contributed by atoms with E-state index < -0.39 is 0 Å². The van der Waals surface area contributed by atoms with Crippen LogP contribution in [-0.2, 0) is 12.8 Å². The van der Waals surface area contributed by atoms with E-state index in [1.165, 1.54) is 44.1 Å². The molecular formula is C26H21N. The van der Waals surface area contributed by atoms with Gasteiger partial charge in [-0.3, -0.25) is 0 Å². The highest BCUT2D eigenvalue weighted by atomic mass is 14.7. The van der Waals surface area contributed by atoms with Crippen molar-refractivity contribution >= 4 is 21.8 Å². The molecule has 0 atom stereocenters. The Morgan fingerprint density at radius 3 is 1.33 bits per heavy atom. The third-order valence-electron chi connectivity index (χ3n) is 5.23. The average Bonchev–Trinajstić information content (AvgIpc) is 3.07. The molecule has 1 heterocycles. The quantitative estimate of drug-likeness (QED) is 0.382. The minimum absolute atomic E-state index is 0.965. The Bertz CT molecular complexity index is 1100. The topological polar surface area (TPSA) is 15.8 Å². The van der Waals surface area contributed by atoms with Crippen molar-refractivity contribution in [2.75, 3.05) is 0 Å². The van der Waals surface area contributed by atoms with Crippen LogP contribution in [0.15, 0.2) is 97.1 Å². The standard InChI is InChI=1S/C26H21N/c1-3-7-19(8-4-1)15-21-11-13-25-23(17-21)24-18-22(12-14-26(24)27-25)16-20-9-5-2-6-10-20/h1-14,17-18,27H,15-16H2. The molecular weight excluding hydrogens is 326 g/mol. The van der Waals surface area contributed by atoms with Crippen LogP contribution in [0.25, 0.3) is 21.8 Å². The number of benzene rings is 4. The van der Waals surface area contributed by atoms with Crippen molar-refractivity contribution in [1.29, 1.82) is 0 Å². The van der Waals surface area contributed by atoms with E-state index >= 15 is 0 Å². The molecule has 1 heteroatoms. The van der Waals surface area contributed by atoms with Crippen LogP contribution in [0.5, 0.6) is 0 Å². The molecule has 0 aliphatic rings. The maximum absolute atomic E-state index is 3.56. The molecule has 0 saturated carbocycles. The van der Waals surface area contributed by atoms with E-state index in [4.69, 9.17) is 0 Å². The lowest BCUT2D eigenvalue weighted by Gasteiger charge is -2.04. The highest BCUT2D eigenvalue weighted by molar-refractivity contribution is 6.07. The maximum Gasteiger partial charge on any atom is 0.0465 e. The molecule has 130 valence electrons. The summed E-state index contributed by atoms with van der Waals surface area (Å²) in [6, 6.07) is 34.9. The highest BCUT2D eigenvalue weighted by Crippen LogP contribution is 2.28. The van der Waals surface area contributed by atoms with Crippen molar-refractivity contribution in [3.63, 3.8) is 0 Å². The van der Waals surface area contributed by atoms with Crippen LogP contribution in [-0.4, -0.2) is 4.98 Å². The van der Waals surface area contributed by atoms with Gasteiger partial charge in [-0.1, -0.05) is 72.8 Å². The lowest BCUT2D eigenvalue weighted by molar-refractivity contribution is 1.20. The van der Waals surface area contributed by atoms with E-state index in [0.717, 1.165) is 12.8 Å². The predicted molar refractivity (Wildman–Crippen MR) is 114 cm³/mol. The molecule has 0 bridgehead atoms. The van der Waals surface area contributed by atoms with Gasteiger partial charge in [-0.2, -0.15) is 0 Å². The second-order valence-electron chi connectivity index (χ2n) is 7.21. The minimum atomic E-state index is 0.965. The Hall–Kier alpha value is -3.32. The van der Waals surface area contributed by atoms with Crippen molar-refractivity contribution in [2.45, 2.75) is 12.8 Å². The summed E-state index contributed by atoms with van der Waals surface area (Å²) in [7, 11) is 0. The van der Waals surface area contributed by atoms with Crippen LogP contribution in [0, 0.1) is 0 Å². The van der Waals surface area contributed by atoms with Gasteiger partial charge in [-0.25, -0.2) is 0 Å². The molecule has 0 aliphatic heterocycles. The van der Waals surface area contributed by atoms with Gasteiger partial charge >= 0.3 is 0 Å². The number of nitrogens with one attached hydrogen (secondary N) is 1. The molecule has 1 aromatic heterocycles. The van der Waals surface area contributed by atoms with E-state index in [0.29, 0.717) is 0 Å². The Morgan fingerprint density at radius 2 is 0.889 bits per heavy atom. The van der Waals surface area contributed by atoms with Crippen LogP contribution in [0.3, 0.4) is 0 Å². The van der Waals surface area contributed by atoms with E-state index in [9.17, 15) is 0 Å². The zero-order valence-corrected chi connectivity index (χ0v) is 15.2. The summed E-state index contributed by atoms with van der Waals surface area (Å²) in [5.41, 5.74) is 7.81. The van der Waals surface area contributed by atoms with Gasteiger partial charge < -0.3 is 4.98 Å². The van der Waals surface area contributed by atoms with E-state index in [-0.39, 0.29) is 0 Å². The summed E-state index contributed by atoms with van der Waals surface area (Å²) in [4.78, 5) is 3.56. The van der Waals surface area contributed by atoms with E-state index in [2.05, 4.69) is 102 Å². The number of hydrogen-bond donors (Lipinski definition) is 1. The Labute approximate surface area is 159 Å². The highest BCUT2D eigenvalue weighted by Gasteiger charge is 2.07. The lowest BCUT2D eigenvalue weighted by Crippen LogP contribution is -1.88. The molecule has 1 nitrogen and oxygen atoms in total. The van der Waals surface area contributed by atoms with Gasteiger partial charge in [0.05, 0.1) is 0 Å². The first-order valence-electron chi connectivity index (χ1n) is 9.46. The first-order chi connectivity index (χ1) is 13.3. The molecule has 27 heavy (non-hydrogen) atoms. The predicted octanol–water partition coefficient (Wildman–Crippen LogP) is 6.50. The number of H-pyrrole nitrogens is 1. The number of aromatic nitrogens is 1. The van der Waals surface area contributed by atoms with Gasteiger partial charge in [0.15, 0.2) is 0 Å². The number of aromatic amines is 1. The molecule has 0 saturated heterocycles. The summed E-state index contributed by atoms with van der Waals surface area (Å²) in [6.07, 6.45) is 1.93. The first kappa shape index (κ1) is 15.9. The molecule has 0 radical (unpaired) electrons. The van der Waals surface area contributed by atoms with Crippen molar-refractivity contribution in [2.24, 2.45) is 0 Å². The molecule has 0 amide bonds. The second kappa shape index (κ2) is 6.77. The monoisotopic (exact) mass is 347 g/mol. The SMILES string of the molecule is c1ccc(Cc2ccc3[nH]c4ccc(Cc5ccccc5)cc4c3c2)cc1. The molecule has 0 spiro atoms. The second-order valence-corrected chi connectivity index (χ2v) is 7.21. The fourth-order valence-corrected chi connectivity index (χ4v) is 3.87. The Balaban J connectivity index is 1.54. The van der Waals surface area contributed by atoms with Crippen molar-refractivity contribution in [1.82, 2.24) is 4.98 Å². The number of fused-ring (bicyclic) bond motifs is 3. The fourth-order valence-electron chi connectivity index (χ4n) is 3.87. The molecule has 0 fully saturated rings. The first-order valence-corrected chi connectivity index (χ1v) is 9.46. The third kappa shape index (κ3) is 3.24.